The van der Waals surface area contributed by atoms with Crippen molar-refractivity contribution in [1.82, 2.24) is 0 Å². The normalized spacial score (nSPS) is 11.6. The molecule has 0 saturated carbocycles. The molecule has 6 aromatic rings. The van der Waals surface area contributed by atoms with Crippen LogP contribution in [0.25, 0.3) is 54.2 Å². The number of hydrogen-bond donors (Lipinski definition) is 0. The maximum Gasteiger partial charge on any atom is -0.00139 e. The Morgan fingerprint density at radius 3 is 1.54 bits per heavy atom. The lowest BCUT2D eigenvalue weighted by Crippen LogP contribution is -1.89. The van der Waals surface area contributed by atoms with E-state index in [1.165, 1.54) is 54.2 Å². The Bertz CT molecular complexity index is 1490. The number of fused-ring (bicyclic) bond motifs is 8. The van der Waals surface area contributed by atoms with Crippen molar-refractivity contribution in [1.29, 1.82) is 0 Å². The quantitative estimate of drug-likeness (QED) is 0.263. The fourth-order valence-corrected chi connectivity index (χ4v) is 4.62. The Morgan fingerprint density at radius 2 is 0.857 bits per heavy atom. The molecule has 6 aromatic carbocycles. The van der Waals surface area contributed by atoms with Crippen LogP contribution in [0.5, 0.6) is 0 Å². The van der Waals surface area contributed by atoms with Gasteiger partial charge in [0.25, 0.3) is 0 Å². The van der Waals surface area contributed by atoms with E-state index in [1.54, 1.807) is 0 Å². The van der Waals surface area contributed by atoms with Crippen LogP contribution in [0.4, 0.5) is 0 Å². The molecular formula is C28H18. The van der Waals surface area contributed by atoms with Gasteiger partial charge in [-0.25, -0.2) is 0 Å². The average molecular weight is 354 g/mol. The summed E-state index contributed by atoms with van der Waals surface area (Å²) in [5, 5.41) is 10.6. The molecule has 0 radical (unpaired) electrons. The van der Waals surface area contributed by atoms with Crippen LogP contribution in [0.3, 0.4) is 0 Å². The van der Waals surface area contributed by atoms with Crippen molar-refractivity contribution in [3.8, 4) is 11.1 Å². The molecule has 0 aliphatic carbocycles. The summed E-state index contributed by atoms with van der Waals surface area (Å²) in [6.45, 7) is 0. The van der Waals surface area contributed by atoms with Gasteiger partial charge in [-0.05, 0) is 60.3 Å². The van der Waals surface area contributed by atoms with Crippen molar-refractivity contribution in [2.24, 2.45) is 0 Å². The first-order valence-corrected chi connectivity index (χ1v) is 9.72. The van der Waals surface area contributed by atoms with Gasteiger partial charge in [0, 0.05) is 0 Å². The maximum absolute atomic E-state index is 2.36. The topological polar surface area (TPSA) is 0 Å². The number of benzene rings is 6. The van der Waals surface area contributed by atoms with Crippen molar-refractivity contribution in [3.63, 3.8) is 0 Å². The summed E-state index contributed by atoms with van der Waals surface area (Å²) in [7, 11) is 0. The first-order valence-electron chi connectivity index (χ1n) is 9.72. The molecule has 0 amide bonds. The van der Waals surface area contributed by atoms with Gasteiger partial charge in [-0.3, -0.25) is 0 Å². The first-order chi connectivity index (χ1) is 13.9. The van der Waals surface area contributed by atoms with Crippen molar-refractivity contribution in [2.75, 3.05) is 0 Å². The zero-order valence-electron chi connectivity index (χ0n) is 15.4. The molecule has 0 bridgehead atoms. The Hall–Kier alpha value is -3.64. The molecule has 0 heterocycles. The van der Waals surface area contributed by atoms with E-state index in [0.717, 1.165) is 0 Å². The van der Waals surface area contributed by atoms with Crippen molar-refractivity contribution in [2.45, 2.75) is 0 Å². The summed E-state index contributed by atoms with van der Waals surface area (Å²) in [6.07, 6.45) is 0. The third-order valence-corrected chi connectivity index (χ3v) is 5.82. The molecule has 0 fully saturated rings. The molecule has 130 valence electrons. The summed E-state index contributed by atoms with van der Waals surface area (Å²) in [5.41, 5.74) is 2.56. The van der Waals surface area contributed by atoms with Gasteiger partial charge in [0.05, 0.1) is 0 Å². The van der Waals surface area contributed by atoms with E-state index < -0.39 is 0 Å². The molecule has 0 spiro atoms. The summed E-state index contributed by atoms with van der Waals surface area (Å²) in [6, 6.07) is 39.5. The summed E-state index contributed by atoms with van der Waals surface area (Å²) in [5.74, 6) is 0. The highest BCUT2D eigenvalue weighted by molar-refractivity contribution is 6.34. The van der Waals surface area contributed by atoms with E-state index in [1.807, 2.05) is 0 Å². The number of hydrogen-bond acceptors (Lipinski definition) is 0. The molecule has 6 rings (SSSR count). The van der Waals surface area contributed by atoms with Gasteiger partial charge in [-0.2, -0.15) is 0 Å². The van der Waals surface area contributed by atoms with E-state index in [-0.39, 0.29) is 0 Å². The zero-order valence-corrected chi connectivity index (χ0v) is 15.4. The van der Waals surface area contributed by atoms with Crippen molar-refractivity contribution in [3.05, 3.63) is 109 Å². The smallest absolute Gasteiger partial charge is 0.00139 e. The van der Waals surface area contributed by atoms with Crippen molar-refractivity contribution >= 4 is 43.1 Å². The standard InChI is InChI=1S/C28H18/c1-2-10-19(11-3-1)26-18-20-12-4-5-13-21(20)27-24-16-8-6-14-22(24)23-15-7-9-17-25(23)28(26)27/h1-18H. The lowest BCUT2D eigenvalue weighted by atomic mass is 9.86. The second kappa shape index (κ2) is 5.94. The van der Waals surface area contributed by atoms with E-state index in [2.05, 4.69) is 109 Å². The monoisotopic (exact) mass is 354 g/mol. The highest BCUT2D eigenvalue weighted by Gasteiger charge is 2.15. The lowest BCUT2D eigenvalue weighted by Gasteiger charge is -2.17. The molecule has 0 atom stereocenters. The number of rotatable bonds is 1. The van der Waals surface area contributed by atoms with Crippen molar-refractivity contribution < 1.29 is 0 Å². The minimum absolute atomic E-state index is 1.26. The Morgan fingerprint density at radius 1 is 0.357 bits per heavy atom. The van der Waals surface area contributed by atoms with Gasteiger partial charge in [0.1, 0.15) is 0 Å². The molecule has 0 unspecified atom stereocenters. The van der Waals surface area contributed by atoms with Gasteiger partial charge < -0.3 is 0 Å². The van der Waals surface area contributed by atoms with E-state index >= 15 is 0 Å². The predicted octanol–water partition coefficient (Wildman–Crippen LogP) is 7.97. The molecule has 0 aliphatic rings. The average Bonchev–Trinajstić information content (AvgIpc) is 2.79. The molecule has 0 heteroatoms. The Balaban J connectivity index is 2.01. The van der Waals surface area contributed by atoms with Crippen LogP contribution in [-0.4, -0.2) is 0 Å². The second-order valence-corrected chi connectivity index (χ2v) is 7.35. The third kappa shape index (κ3) is 2.12. The van der Waals surface area contributed by atoms with E-state index in [9.17, 15) is 0 Å². The first kappa shape index (κ1) is 15.4. The van der Waals surface area contributed by atoms with E-state index in [0.29, 0.717) is 0 Å². The van der Waals surface area contributed by atoms with Crippen LogP contribution < -0.4 is 0 Å². The predicted molar refractivity (Wildman–Crippen MR) is 122 cm³/mol. The molecule has 0 N–H and O–H groups in total. The van der Waals surface area contributed by atoms with Crippen LogP contribution in [0.2, 0.25) is 0 Å². The fourth-order valence-electron chi connectivity index (χ4n) is 4.62. The van der Waals surface area contributed by atoms with Crippen LogP contribution in [0, 0.1) is 0 Å². The van der Waals surface area contributed by atoms with Crippen LogP contribution >= 0.6 is 0 Å². The van der Waals surface area contributed by atoms with Crippen LogP contribution in [-0.2, 0) is 0 Å². The molecule has 0 aliphatic heterocycles. The molecular weight excluding hydrogens is 336 g/mol. The minimum Gasteiger partial charge on any atom is -0.0622 e. The van der Waals surface area contributed by atoms with Gasteiger partial charge in [0.15, 0.2) is 0 Å². The summed E-state index contributed by atoms with van der Waals surface area (Å²) < 4.78 is 0. The van der Waals surface area contributed by atoms with Crippen LogP contribution in [0.15, 0.2) is 109 Å². The van der Waals surface area contributed by atoms with E-state index in [4.69, 9.17) is 0 Å². The molecule has 0 aromatic heterocycles. The highest BCUT2D eigenvalue weighted by atomic mass is 14.2. The minimum atomic E-state index is 1.26. The SMILES string of the molecule is c1ccc(-c2cc3ccccc3c3c4ccccc4c4ccccc4c23)cc1. The molecule has 28 heavy (non-hydrogen) atoms. The largest absolute Gasteiger partial charge is 0.0622 e. The van der Waals surface area contributed by atoms with Gasteiger partial charge in [0.2, 0.25) is 0 Å². The van der Waals surface area contributed by atoms with Gasteiger partial charge >= 0.3 is 0 Å². The third-order valence-electron chi connectivity index (χ3n) is 5.82. The second-order valence-electron chi connectivity index (χ2n) is 7.35. The fraction of sp³-hybridized carbons (Fsp3) is 0. The Labute approximate surface area is 163 Å². The summed E-state index contributed by atoms with van der Waals surface area (Å²) in [4.78, 5) is 0. The van der Waals surface area contributed by atoms with Gasteiger partial charge in [-0.15, -0.1) is 0 Å². The Kier molecular flexibility index (Phi) is 3.27. The van der Waals surface area contributed by atoms with Gasteiger partial charge in [-0.1, -0.05) is 103 Å². The molecule has 0 saturated heterocycles. The summed E-state index contributed by atoms with van der Waals surface area (Å²) >= 11 is 0. The highest BCUT2D eigenvalue weighted by Crippen LogP contribution is 2.43. The lowest BCUT2D eigenvalue weighted by molar-refractivity contribution is 1.67. The molecule has 0 nitrogen and oxygen atoms in total. The van der Waals surface area contributed by atoms with Crippen LogP contribution in [0.1, 0.15) is 0 Å². The maximum atomic E-state index is 2.36. The zero-order chi connectivity index (χ0) is 18.5.